The average Bonchev–Trinajstić information content (AvgIpc) is 2.37. The second kappa shape index (κ2) is 4.10. The van der Waals surface area contributed by atoms with Crippen molar-refractivity contribution in [2.75, 3.05) is 0 Å². The zero-order chi connectivity index (χ0) is 13.6. The van der Waals surface area contributed by atoms with Crippen LogP contribution in [-0.2, 0) is 5.41 Å². The molecule has 0 saturated heterocycles. The van der Waals surface area contributed by atoms with Gasteiger partial charge >= 0.3 is 0 Å². The van der Waals surface area contributed by atoms with Crippen LogP contribution in [0.25, 0.3) is 0 Å². The fraction of sp³-hybridized carbons (Fsp3) is 0.294. The summed E-state index contributed by atoms with van der Waals surface area (Å²) in [5, 5.41) is 10.5. The highest BCUT2D eigenvalue weighted by molar-refractivity contribution is 5.53. The van der Waals surface area contributed by atoms with Gasteiger partial charge in [-0.25, -0.2) is 0 Å². The molecule has 0 radical (unpaired) electrons. The van der Waals surface area contributed by atoms with Crippen LogP contribution in [0.1, 0.15) is 43.6 Å². The van der Waals surface area contributed by atoms with Crippen LogP contribution in [0.2, 0.25) is 0 Å². The summed E-state index contributed by atoms with van der Waals surface area (Å²) in [6.07, 6.45) is -0.609. The second-order valence-corrected chi connectivity index (χ2v) is 6.05. The summed E-state index contributed by atoms with van der Waals surface area (Å²) in [6, 6.07) is 13.7. The molecule has 1 atom stereocenters. The molecular formula is C17H18O2. The van der Waals surface area contributed by atoms with Gasteiger partial charge in [0, 0.05) is 11.1 Å². The molecule has 2 aromatic carbocycles. The molecule has 0 aliphatic carbocycles. The SMILES string of the molecule is CC(C)(C)c1ccc2c(c1)C(O)c1ccccc1O2. The molecule has 0 bridgehead atoms. The van der Waals surface area contributed by atoms with Crippen molar-refractivity contribution in [2.45, 2.75) is 32.3 Å². The fourth-order valence-electron chi connectivity index (χ4n) is 2.41. The van der Waals surface area contributed by atoms with Crippen molar-refractivity contribution in [1.29, 1.82) is 0 Å². The van der Waals surface area contributed by atoms with Gasteiger partial charge < -0.3 is 9.84 Å². The number of hydrogen-bond acceptors (Lipinski definition) is 2. The standard InChI is InChI=1S/C17H18O2/c1-17(2,3)11-8-9-15-13(10-11)16(18)12-6-4-5-7-14(12)19-15/h4-10,16,18H,1-3H3. The molecule has 1 unspecified atom stereocenters. The third kappa shape index (κ3) is 2.02. The van der Waals surface area contributed by atoms with Gasteiger partial charge in [-0.1, -0.05) is 45.0 Å². The molecule has 0 saturated carbocycles. The number of hydrogen-bond donors (Lipinski definition) is 1. The Morgan fingerprint density at radius 2 is 1.63 bits per heavy atom. The van der Waals surface area contributed by atoms with Crippen LogP contribution in [0.4, 0.5) is 0 Å². The van der Waals surface area contributed by atoms with Crippen LogP contribution in [0.3, 0.4) is 0 Å². The summed E-state index contributed by atoms with van der Waals surface area (Å²) >= 11 is 0. The minimum absolute atomic E-state index is 0.0612. The molecule has 0 spiro atoms. The lowest BCUT2D eigenvalue weighted by atomic mass is 9.84. The Morgan fingerprint density at radius 1 is 0.947 bits per heavy atom. The van der Waals surface area contributed by atoms with Crippen molar-refractivity contribution in [3.63, 3.8) is 0 Å². The Kier molecular flexibility index (Phi) is 2.64. The Bertz CT molecular complexity index is 623. The maximum Gasteiger partial charge on any atom is 0.133 e. The van der Waals surface area contributed by atoms with Gasteiger partial charge in [-0.2, -0.15) is 0 Å². The predicted molar refractivity (Wildman–Crippen MR) is 75.7 cm³/mol. The Hall–Kier alpha value is -1.80. The minimum atomic E-state index is -0.609. The van der Waals surface area contributed by atoms with E-state index >= 15 is 0 Å². The Balaban J connectivity index is 2.11. The van der Waals surface area contributed by atoms with Gasteiger partial charge in [0.25, 0.3) is 0 Å². The van der Waals surface area contributed by atoms with Gasteiger partial charge in [-0.05, 0) is 29.2 Å². The molecular weight excluding hydrogens is 236 g/mol. The van der Waals surface area contributed by atoms with E-state index in [1.807, 2.05) is 30.3 Å². The number of aliphatic hydroxyl groups is 1. The van der Waals surface area contributed by atoms with Crippen LogP contribution < -0.4 is 4.74 Å². The second-order valence-electron chi connectivity index (χ2n) is 6.05. The average molecular weight is 254 g/mol. The van der Waals surface area contributed by atoms with E-state index < -0.39 is 6.10 Å². The van der Waals surface area contributed by atoms with E-state index in [0.717, 1.165) is 22.6 Å². The number of fused-ring (bicyclic) bond motifs is 2. The zero-order valence-corrected chi connectivity index (χ0v) is 11.5. The van der Waals surface area contributed by atoms with Crippen LogP contribution in [-0.4, -0.2) is 5.11 Å². The number of rotatable bonds is 0. The predicted octanol–water partition coefficient (Wildman–Crippen LogP) is 4.17. The molecule has 1 aliphatic rings. The van der Waals surface area contributed by atoms with E-state index in [0.29, 0.717) is 0 Å². The maximum atomic E-state index is 10.5. The highest BCUT2D eigenvalue weighted by atomic mass is 16.5. The highest BCUT2D eigenvalue weighted by Crippen LogP contribution is 2.43. The third-order valence-corrected chi connectivity index (χ3v) is 3.60. The van der Waals surface area contributed by atoms with Gasteiger partial charge in [0.2, 0.25) is 0 Å². The van der Waals surface area contributed by atoms with E-state index in [2.05, 4.69) is 32.9 Å². The van der Waals surface area contributed by atoms with Crippen molar-refractivity contribution >= 4 is 0 Å². The van der Waals surface area contributed by atoms with Crippen molar-refractivity contribution < 1.29 is 9.84 Å². The summed E-state index contributed by atoms with van der Waals surface area (Å²) < 4.78 is 5.86. The third-order valence-electron chi connectivity index (χ3n) is 3.60. The molecule has 2 aromatic rings. The first-order valence-corrected chi connectivity index (χ1v) is 6.56. The number of aliphatic hydroxyl groups excluding tert-OH is 1. The first-order valence-electron chi connectivity index (χ1n) is 6.56. The molecule has 0 fully saturated rings. The number of ether oxygens (including phenoxy) is 1. The van der Waals surface area contributed by atoms with Crippen molar-refractivity contribution in [3.05, 3.63) is 59.2 Å². The van der Waals surface area contributed by atoms with Crippen LogP contribution >= 0.6 is 0 Å². The molecule has 98 valence electrons. The minimum Gasteiger partial charge on any atom is -0.457 e. The van der Waals surface area contributed by atoms with Crippen molar-refractivity contribution in [2.24, 2.45) is 0 Å². The zero-order valence-electron chi connectivity index (χ0n) is 11.5. The summed E-state index contributed by atoms with van der Waals surface area (Å²) in [5.74, 6) is 1.49. The van der Waals surface area contributed by atoms with Crippen molar-refractivity contribution in [1.82, 2.24) is 0 Å². The van der Waals surface area contributed by atoms with Gasteiger partial charge in [0.05, 0.1) is 0 Å². The molecule has 1 N–H and O–H groups in total. The first kappa shape index (κ1) is 12.2. The van der Waals surface area contributed by atoms with Gasteiger partial charge in [-0.3, -0.25) is 0 Å². The summed E-state index contributed by atoms with van der Waals surface area (Å²) in [4.78, 5) is 0. The van der Waals surface area contributed by atoms with E-state index in [-0.39, 0.29) is 5.41 Å². The summed E-state index contributed by atoms with van der Waals surface area (Å²) in [5.41, 5.74) is 2.95. The molecule has 2 nitrogen and oxygen atoms in total. The van der Waals surface area contributed by atoms with Gasteiger partial charge in [-0.15, -0.1) is 0 Å². The lowest BCUT2D eigenvalue weighted by molar-refractivity contribution is 0.202. The summed E-state index contributed by atoms with van der Waals surface area (Å²) in [7, 11) is 0. The molecule has 1 aliphatic heterocycles. The Morgan fingerprint density at radius 3 is 2.37 bits per heavy atom. The number of benzene rings is 2. The van der Waals surface area contributed by atoms with E-state index in [9.17, 15) is 5.11 Å². The highest BCUT2D eigenvalue weighted by Gasteiger charge is 2.26. The molecule has 1 heterocycles. The van der Waals surface area contributed by atoms with E-state index in [1.165, 1.54) is 5.56 Å². The van der Waals surface area contributed by atoms with Crippen LogP contribution in [0, 0.1) is 0 Å². The lowest BCUT2D eigenvalue weighted by Crippen LogP contribution is -2.15. The molecule has 2 heteroatoms. The van der Waals surface area contributed by atoms with Crippen LogP contribution in [0.15, 0.2) is 42.5 Å². The summed E-state index contributed by atoms with van der Waals surface area (Å²) in [6.45, 7) is 6.50. The molecule has 0 aromatic heterocycles. The topological polar surface area (TPSA) is 29.5 Å². The number of para-hydroxylation sites is 1. The normalized spacial score (nSPS) is 17.4. The first-order chi connectivity index (χ1) is 8.97. The molecule has 0 amide bonds. The van der Waals surface area contributed by atoms with Gasteiger partial charge in [0.1, 0.15) is 17.6 Å². The molecule has 3 rings (SSSR count). The van der Waals surface area contributed by atoms with Crippen LogP contribution in [0.5, 0.6) is 11.5 Å². The van der Waals surface area contributed by atoms with E-state index in [1.54, 1.807) is 0 Å². The van der Waals surface area contributed by atoms with Crippen molar-refractivity contribution in [3.8, 4) is 11.5 Å². The monoisotopic (exact) mass is 254 g/mol. The fourth-order valence-corrected chi connectivity index (χ4v) is 2.41. The maximum absolute atomic E-state index is 10.5. The Labute approximate surface area is 113 Å². The lowest BCUT2D eigenvalue weighted by Gasteiger charge is -2.27. The molecule has 19 heavy (non-hydrogen) atoms. The quantitative estimate of drug-likeness (QED) is 0.764. The largest absolute Gasteiger partial charge is 0.457 e. The van der Waals surface area contributed by atoms with E-state index in [4.69, 9.17) is 4.74 Å². The smallest absolute Gasteiger partial charge is 0.133 e. The van der Waals surface area contributed by atoms with Gasteiger partial charge in [0.15, 0.2) is 0 Å².